The Morgan fingerprint density at radius 2 is 1.76 bits per heavy atom. The van der Waals surface area contributed by atoms with Crippen LogP contribution in [0.2, 0.25) is 5.02 Å². The zero-order valence-electron chi connectivity index (χ0n) is 15.2. The first-order chi connectivity index (χ1) is 14.1. The lowest BCUT2D eigenvalue weighted by atomic mass is 9.96. The molecule has 0 N–H and O–H groups in total. The van der Waals surface area contributed by atoms with Crippen molar-refractivity contribution in [1.29, 1.82) is 0 Å². The second-order valence-electron chi connectivity index (χ2n) is 6.98. The highest BCUT2D eigenvalue weighted by molar-refractivity contribution is 6.34. The third-order valence-corrected chi connectivity index (χ3v) is 5.60. The van der Waals surface area contributed by atoms with Gasteiger partial charge in [0.2, 0.25) is 6.23 Å². The molecule has 0 saturated carbocycles. The van der Waals surface area contributed by atoms with Crippen molar-refractivity contribution < 1.29 is 9.66 Å². The number of para-hydroxylation sites is 1. The average Bonchev–Trinajstić information content (AvgIpc) is 3.19. The number of hydrogen-bond donors (Lipinski definition) is 0. The molecule has 3 aromatic carbocycles. The van der Waals surface area contributed by atoms with E-state index in [9.17, 15) is 10.1 Å². The fraction of sp³-hybridized carbons (Fsp3) is 0.136. The summed E-state index contributed by atoms with van der Waals surface area (Å²) in [6.07, 6.45) is 0.226. The van der Waals surface area contributed by atoms with Crippen molar-refractivity contribution in [3.63, 3.8) is 0 Å². The molecule has 0 aliphatic carbocycles. The lowest BCUT2D eigenvalue weighted by molar-refractivity contribution is -0.384. The number of nitrogens with zero attached hydrogens (tertiary/aromatic N) is 3. The van der Waals surface area contributed by atoms with Gasteiger partial charge in [-0.05, 0) is 24.3 Å². The summed E-state index contributed by atoms with van der Waals surface area (Å²) in [7, 11) is 0. The van der Waals surface area contributed by atoms with Crippen LogP contribution in [0.25, 0.3) is 0 Å². The summed E-state index contributed by atoms with van der Waals surface area (Å²) in [6.45, 7) is 0. The molecule has 2 aliphatic rings. The molecule has 6 nitrogen and oxygen atoms in total. The summed E-state index contributed by atoms with van der Waals surface area (Å²) < 4.78 is 6.26. The molecule has 0 aromatic heterocycles. The molecule has 2 aliphatic heterocycles. The minimum Gasteiger partial charge on any atom is -0.464 e. The quantitative estimate of drug-likeness (QED) is 0.426. The monoisotopic (exact) mass is 405 g/mol. The fourth-order valence-corrected chi connectivity index (χ4v) is 4.12. The first kappa shape index (κ1) is 17.7. The highest BCUT2D eigenvalue weighted by atomic mass is 35.5. The van der Waals surface area contributed by atoms with Gasteiger partial charge in [-0.2, -0.15) is 5.10 Å². The fourth-order valence-electron chi connectivity index (χ4n) is 3.87. The summed E-state index contributed by atoms with van der Waals surface area (Å²) in [5.74, 6) is 0.799. The summed E-state index contributed by atoms with van der Waals surface area (Å²) in [6, 6.07) is 22.0. The van der Waals surface area contributed by atoms with Gasteiger partial charge >= 0.3 is 0 Å². The van der Waals surface area contributed by atoms with E-state index in [1.165, 1.54) is 12.1 Å². The predicted octanol–water partition coefficient (Wildman–Crippen LogP) is 5.49. The second-order valence-corrected chi connectivity index (χ2v) is 7.39. The molecular formula is C22H16ClN3O3. The molecule has 0 unspecified atom stereocenters. The van der Waals surface area contributed by atoms with Crippen LogP contribution >= 0.6 is 11.6 Å². The van der Waals surface area contributed by atoms with Gasteiger partial charge in [0, 0.05) is 40.3 Å². The third-order valence-electron chi connectivity index (χ3n) is 5.27. The normalized spacial score (nSPS) is 19.8. The van der Waals surface area contributed by atoms with E-state index in [0.29, 0.717) is 11.4 Å². The number of hydrogen-bond acceptors (Lipinski definition) is 5. The van der Waals surface area contributed by atoms with Crippen LogP contribution in [-0.4, -0.2) is 15.6 Å². The van der Waals surface area contributed by atoms with Crippen LogP contribution in [0.3, 0.4) is 0 Å². The largest absolute Gasteiger partial charge is 0.464 e. The number of halogens is 1. The minimum absolute atomic E-state index is 0.00594. The lowest BCUT2D eigenvalue weighted by Gasteiger charge is -2.38. The molecule has 0 fully saturated rings. The summed E-state index contributed by atoms with van der Waals surface area (Å²) >= 11 is 6.41. The molecule has 0 spiro atoms. The topological polar surface area (TPSA) is 68.0 Å². The van der Waals surface area contributed by atoms with Crippen LogP contribution in [0, 0.1) is 10.1 Å². The molecule has 29 heavy (non-hydrogen) atoms. The van der Waals surface area contributed by atoms with E-state index >= 15 is 0 Å². The van der Waals surface area contributed by atoms with E-state index in [0.717, 1.165) is 28.2 Å². The third kappa shape index (κ3) is 3.02. The number of fused-ring (bicyclic) bond motifs is 3. The molecule has 0 bridgehead atoms. The van der Waals surface area contributed by atoms with Gasteiger partial charge in [0.15, 0.2) is 0 Å². The Labute approximate surface area is 172 Å². The summed E-state index contributed by atoms with van der Waals surface area (Å²) in [4.78, 5) is 10.6. The maximum absolute atomic E-state index is 11.0. The molecule has 0 radical (unpaired) electrons. The van der Waals surface area contributed by atoms with E-state index in [-0.39, 0.29) is 11.7 Å². The Morgan fingerprint density at radius 3 is 2.52 bits per heavy atom. The molecule has 5 rings (SSSR count). The molecule has 2 atom stereocenters. The van der Waals surface area contributed by atoms with Crippen molar-refractivity contribution in [1.82, 2.24) is 5.01 Å². The van der Waals surface area contributed by atoms with Crippen molar-refractivity contribution in [3.8, 4) is 5.75 Å². The molecule has 144 valence electrons. The van der Waals surface area contributed by atoms with Gasteiger partial charge in [0.25, 0.3) is 5.69 Å². The van der Waals surface area contributed by atoms with E-state index < -0.39 is 11.2 Å². The number of hydrazone groups is 1. The molecule has 3 aromatic rings. The first-order valence-corrected chi connectivity index (χ1v) is 9.60. The highest BCUT2D eigenvalue weighted by Crippen LogP contribution is 2.47. The number of nitro groups is 1. The van der Waals surface area contributed by atoms with Gasteiger partial charge in [-0.25, -0.2) is 5.01 Å². The van der Waals surface area contributed by atoms with E-state index in [1.807, 2.05) is 53.5 Å². The SMILES string of the molecule is O=[N+]([O-])c1ccc([C@@H]2Oc3ccccc3[C@H]3CC(c4ccccc4Cl)=NN32)cc1. The van der Waals surface area contributed by atoms with E-state index in [4.69, 9.17) is 21.4 Å². The maximum Gasteiger partial charge on any atom is 0.269 e. The van der Waals surface area contributed by atoms with Crippen molar-refractivity contribution >= 4 is 23.0 Å². The van der Waals surface area contributed by atoms with Crippen LogP contribution in [0.4, 0.5) is 5.69 Å². The number of ether oxygens (including phenoxy) is 1. The Bertz CT molecular complexity index is 1130. The Balaban J connectivity index is 1.58. The van der Waals surface area contributed by atoms with Crippen molar-refractivity contribution in [3.05, 3.63) is 105 Å². The van der Waals surface area contributed by atoms with Crippen LogP contribution in [-0.2, 0) is 0 Å². The van der Waals surface area contributed by atoms with Gasteiger partial charge in [0.1, 0.15) is 5.75 Å². The lowest BCUT2D eigenvalue weighted by Crippen LogP contribution is -2.33. The number of benzene rings is 3. The van der Waals surface area contributed by atoms with Crippen molar-refractivity contribution in [2.75, 3.05) is 0 Å². The van der Waals surface area contributed by atoms with E-state index in [2.05, 4.69) is 0 Å². The molecular weight excluding hydrogens is 390 g/mol. The van der Waals surface area contributed by atoms with Crippen LogP contribution < -0.4 is 4.74 Å². The second kappa shape index (κ2) is 6.90. The molecule has 0 amide bonds. The number of non-ortho nitro benzene ring substituents is 1. The first-order valence-electron chi connectivity index (χ1n) is 9.22. The summed E-state index contributed by atoms with van der Waals surface area (Å²) in [5, 5.41) is 18.5. The Kier molecular flexibility index (Phi) is 4.21. The predicted molar refractivity (Wildman–Crippen MR) is 110 cm³/mol. The summed E-state index contributed by atoms with van der Waals surface area (Å²) in [5.41, 5.74) is 3.72. The molecule has 0 saturated heterocycles. The highest BCUT2D eigenvalue weighted by Gasteiger charge is 2.41. The number of nitro benzene ring substituents is 1. The van der Waals surface area contributed by atoms with Gasteiger partial charge in [-0.1, -0.05) is 48.0 Å². The molecule has 2 heterocycles. The zero-order chi connectivity index (χ0) is 20.0. The van der Waals surface area contributed by atoms with Gasteiger partial charge in [-0.15, -0.1) is 0 Å². The van der Waals surface area contributed by atoms with E-state index in [1.54, 1.807) is 12.1 Å². The van der Waals surface area contributed by atoms with Gasteiger partial charge < -0.3 is 4.74 Å². The minimum atomic E-state index is -0.476. The van der Waals surface area contributed by atoms with Crippen molar-refractivity contribution in [2.24, 2.45) is 5.10 Å². The smallest absolute Gasteiger partial charge is 0.269 e. The van der Waals surface area contributed by atoms with Crippen molar-refractivity contribution in [2.45, 2.75) is 18.7 Å². The average molecular weight is 406 g/mol. The van der Waals surface area contributed by atoms with Crippen LogP contribution in [0.1, 0.15) is 35.4 Å². The zero-order valence-corrected chi connectivity index (χ0v) is 16.0. The van der Waals surface area contributed by atoms with Crippen LogP contribution in [0.5, 0.6) is 5.75 Å². The van der Waals surface area contributed by atoms with Crippen LogP contribution in [0.15, 0.2) is 77.9 Å². The Hall–Kier alpha value is -3.38. The van der Waals surface area contributed by atoms with Gasteiger partial charge in [0.05, 0.1) is 16.7 Å². The molecule has 7 heteroatoms. The maximum atomic E-state index is 11.0. The van der Waals surface area contributed by atoms with Gasteiger partial charge in [-0.3, -0.25) is 10.1 Å². The Morgan fingerprint density at radius 1 is 1.03 bits per heavy atom. The standard InChI is InChI=1S/C22H16ClN3O3/c23-18-7-3-1-5-16(18)19-13-20-17-6-2-4-8-21(17)29-22(25(20)24-19)14-9-11-15(12-10-14)26(27)28/h1-12,20,22H,13H2/t20-,22+/m1/s1. The number of rotatable bonds is 3.